The number of benzene rings is 1. The molecule has 0 spiro atoms. The Morgan fingerprint density at radius 1 is 1.32 bits per heavy atom. The van der Waals surface area contributed by atoms with Gasteiger partial charge in [0.2, 0.25) is 5.88 Å². The quantitative estimate of drug-likeness (QED) is 0.860. The molecule has 0 aliphatic carbocycles. The molecule has 2 aromatic rings. The number of nitrogens with zero attached hydrogens (tertiary/aromatic N) is 2. The van der Waals surface area contributed by atoms with Gasteiger partial charge in [-0.15, -0.1) is 5.10 Å². The van der Waals surface area contributed by atoms with E-state index in [0.29, 0.717) is 16.4 Å². The SMILES string of the molecule is Cc1cc(OCC(F)(F)F)nn1-c1ccccc1Cl. The number of ether oxygens (including phenoxy) is 1. The standard InChI is InChI=1S/C12H10ClF3N2O/c1-8-6-11(19-7-12(14,15)16)17-18(8)10-5-3-2-4-9(10)13/h2-6H,7H2,1H3. The first-order chi connectivity index (χ1) is 8.87. The average Bonchev–Trinajstić information content (AvgIpc) is 2.68. The van der Waals surface area contributed by atoms with Gasteiger partial charge in [-0.1, -0.05) is 23.7 Å². The molecular weight excluding hydrogens is 281 g/mol. The first kappa shape index (κ1) is 13.7. The summed E-state index contributed by atoms with van der Waals surface area (Å²) in [5.41, 5.74) is 1.22. The Balaban J connectivity index is 2.25. The van der Waals surface area contributed by atoms with Crippen LogP contribution in [0.3, 0.4) is 0 Å². The predicted molar refractivity (Wildman–Crippen MR) is 64.9 cm³/mol. The Kier molecular flexibility index (Phi) is 3.71. The van der Waals surface area contributed by atoms with E-state index < -0.39 is 12.8 Å². The Morgan fingerprint density at radius 3 is 2.63 bits per heavy atom. The van der Waals surface area contributed by atoms with E-state index in [1.54, 1.807) is 31.2 Å². The highest BCUT2D eigenvalue weighted by molar-refractivity contribution is 6.32. The van der Waals surface area contributed by atoms with Crippen molar-refractivity contribution in [2.45, 2.75) is 13.1 Å². The van der Waals surface area contributed by atoms with E-state index in [4.69, 9.17) is 11.6 Å². The Labute approximate surface area is 112 Å². The summed E-state index contributed by atoms with van der Waals surface area (Å²) in [7, 11) is 0. The van der Waals surface area contributed by atoms with Crippen molar-refractivity contribution in [3.8, 4) is 11.6 Å². The van der Waals surface area contributed by atoms with Crippen molar-refractivity contribution in [3.05, 3.63) is 41.0 Å². The largest absolute Gasteiger partial charge is 0.467 e. The summed E-state index contributed by atoms with van der Waals surface area (Å²) >= 11 is 6.01. The van der Waals surface area contributed by atoms with Gasteiger partial charge in [-0.05, 0) is 19.1 Å². The van der Waals surface area contributed by atoms with Gasteiger partial charge in [0.05, 0.1) is 10.7 Å². The summed E-state index contributed by atoms with van der Waals surface area (Å²) < 4.78 is 42.2. The summed E-state index contributed by atoms with van der Waals surface area (Å²) in [5, 5.41) is 4.41. The van der Waals surface area contributed by atoms with Crippen molar-refractivity contribution < 1.29 is 17.9 Å². The lowest BCUT2D eigenvalue weighted by Crippen LogP contribution is -2.19. The maximum absolute atomic E-state index is 12.1. The summed E-state index contributed by atoms with van der Waals surface area (Å²) in [6, 6.07) is 8.34. The van der Waals surface area contributed by atoms with E-state index in [0.717, 1.165) is 0 Å². The third-order valence-corrected chi connectivity index (χ3v) is 2.65. The van der Waals surface area contributed by atoms with Crippen LogP contribution in [0.15, 0.2) is 30.3 Å². The average molecular weight is 291 g/mol. The van der Waals surface area contributed by atoms with Gasteiger partial charge in [-0.25, -0.2) is 4.68 Å². The highest BCUT2D eigenvalue weighted by Crippen LogP contribution is 2.24. The lowest BCUT2D eigenvalue weighted by molar-refractivity contribution is -0.154. The molecule has 0 saturated carbocycles. The van der Waals surface area contributed by atoms with Crippen LogP contribution in [0.2, 0.25) is 5.02 Å². The predicted octanol–water partition coefficient (Wildman–Crippen LogP) is 3.78. The molecule has 1 aromatic carbocycles. The molecule has 0 unspecified atom stereocenters. The van der Waals surface area contributed by atoms with Crippen LogP contribution in [0.1, 0.15) is 5.69 Å². The lowest BCUT2D eigenvalue weighted by Gasteiger charge is -2.07. The van der Waals surface area contributed by atoms with Gasteiger partial charge >= 0.3 is 6.18 Å². The molecule has 0 aliphatic rings. The molecule has 102 valence electrons. The second-order valence-electron chi connectivity index (χ2n) is 3.89. The number of rotatable bonds is 3. The van der Waals surface area contributed by atoms with Gasteiger partial charge < -0.3 is 4.74 Å². The Bertz CT molecular complexity index is 581. The molecule has 1 aromatic heterocycles. The number of para-hydroxylation sites is 1. The summed E-state index contributed by atoms with van der Waals surface area (Å²) in [6.45, 7) is 0.336. The monoisotopic (exact) mass is 290 g/mol. The molecule has 0 atom stereocenters. The van der Waals surface area contributed by atoms with Crippen molar-refractivity contribution in [1.82, 2.24) is 9.78 Å². The molecule has 0 saturated heterocycles. The zero-order valence-electron chi connectivity index (χ0n) is 9.91. The van der Waals surface area contributed by atoms with Crippen LogP contribution >= 0.6 is 11.6 Å². The van der Waals surface area contributed by atoms with E-state index in [9.17, 15) is 13.2 Å². The molecule has 0 amide bonds. The van der Waals surface area contributed by atoms with Crippen LogP contribution in [-0.4, -0.2) is 22.6 Å². The zero-order valence-corrected chi connectivity index (χ0v) is 10.7. The van der Waals surface area contributed by atoms with Crippen molar-refractivity contribution in [3.63, 3.8) is 0 Å². The van der Waals surface area contributed by atoms with Gasteiger partial charge in [0, 0.05) is 11.8 Å². The topological polar surface area (TPSA) is 27.1 Å². The zero-order chi connectivity index (χ0) is 14.0. The van der Waals surface area contributed by atoms with Crippen LogP contribution in [0.5, 0.6) is 5.88 Å². The molecule has 0 fully saturated rings. The molecule has 0 radical (unpaired) electrons. The van der Waals surface area contributed by atoms with Gasteiger partial charge in [-0.3, -0.25) is 0 Å². The Morgan fingerprint density at radius 2 is 2.00 bits per heavy atom. The first-order valence-electron chi connectivity index (χ1n) is 5.38. The number of aromatic nitrogens is 2. The van der Waals surface area contributed by atoms with Crippen molar-refractivity contribution in [2.24, 2.45) is 0 Å². The fourth-order valence-corrected chi connectivity index (χ4v) is 1.76. The minimum atomic E-state index is -4.39. The van der Waals surface area contributed by atoms with Crippen molar-refractivity contribution in [2.75, 3.05) is 6.61 Å². The van der Waals surface area contributed by atoms with Crippen molar-refractivity contribution >= 4 is 11.6 Å². The highest BCUT2D eigenvalue weighted by atomic mass is 35.5. The third-order valence-electron chi connectivity index (χ3n) is 2.33. The fourth-order valence-electron chi connectivity index (χ4n) is 1.54. The Hall–Kier alpha value is -1.69. The molecular formula is C12H10ClF3N2O. The molecule has 0 N–H and O–H groups in total. The number of halogens is 4. The van der Waals surface area contributed by atoms with Crippen LogP contribution in [-0.2, 0) is 0 Å². The van der Waals surface area contributed by atoms with Gasteiger partial charge in [0.25, 0.3) is 0 Å². The molecule has 3 nitrogen and oxygen atoms in total. The molecule has 0 bridgehead atoms. The highest BCUT2D eigenvalue weighted by Gasteiger charge is 2.29. The first-order valence-corrected chi connectivity index (χ1v) is 5.76. The summed E-state index contributed by atoms with van der Waals surface area (Å²) in [4.78, 5) is 0. The van der Waals surface area contributed by atoms with Crippen LogP contribution in [0, 0.1) is 6.92 Å². The molecule has 0 aliphatic heterocycles. The fraction of sp³-hybridized carbons (Fsp3) is 0.250. The van der Waals surface area contributed by atoms with Crippen LogP contribution in [0.25, 0.3) is 5.69 Å². The maximum Gasteiger partial charge on any atom is 0.422 e. The number of hydrogen-bond acceptors (Lipinski definition) is 2. The molecule has 19 heavy (non-hydrogen) atoms. The number of hydrogen-bond donors (Lipinski definition) is 0. The smallest absolute Gasteiger partial charge is 0.422 e. The van der Waals surface area contributed by atoms with E-state index in [-0.39, 0.29) is 5.88 Å². The maximum atomic E-state index is 12.1. The number of alkyl halides is 3. The minimum absolute atomic E-state index is 0.0882. The van der Waals surface area contributed by atoms with E-state index in [1.165, 1.54) is 10.7 Å². The number of aryl methyl sites for hydroxylation is 1. The van der Waals surface area contributed by atoms with Gasteiger partial charge in [-0.2, -0.15) is 13.2 Å². The molecule has 1 heterocycles. The summed E-state index contributed by atoms with van der Waals surface area (Å²) in [5.74, 6) is -0.0882. The molecule has 7 heteroatoms. The van der Waals surface area contributed by atoms with E-state index in [1.807, 2.05) is 0 Å². The van der Waals surface area contributed by atoms with Crippen molar-refractivity contribution in [1.29, 1.82) is 0 Å². The van der Waals surface area contributed by atoms with Crippen LogP contribution in [0.4, 0.5) is 13.2 Å². The van der Waals surface area contributed by atoms with Gasteiger partial charge in [0.15, 0.2) is 6.61 Å². The summed E-state index contributed by atoms with van der Waals surface area (Å²) in [6.07, 6.45) is -4.39. The molecule has 2 rings (SSSR count). The van der Waals surface area contributed by atoms with E-state index >= 15 is 0 Å². The second kappa shape index (κ2) is 5.13. The minimum Gasteiger partial charge on any atom is -0.467 e. The normalized spacial score (nSPS) is 11.6. The van der Waals surface area contributed by atoms with E-state index in [2.05, 4.69) is 9.84 Å². The lowest BCUT2D eigenvalue weighted by atomic mass is 10.3. The van der Waals surface area contributed by atoms with Gasteiger partial charge in [0.1, 0.15) is 0 Å². The third kappa shape index (κ3) is 3.41. The van der Waals surface area contributed by atoms with Crippen LogP contribution < -0.4 is 4.74 Å². The second-order valence-corrected chi connectivity index (χ2v) is 4.30.